The Hall–Kier alpha value is -1.07. The van der Waals surface area contributed by atoms with E-state index in [0.29, 0.717) is 5.57 Å². The minimum Gasteiger partial charge on any atom is -0.318 e. The molecule has 1 aliphatic carbocycles. The molecule has 2 heteroatoms. The Bertz CT molecular complexity index is 251. The zero-order chi connectivity index (χ0) is 7.78. The summed E-state index contributed by atoms with van der Waals surface area (Å²) in [6.45, 7) is 3.77. The molecule has 0 aromatic rings. The van der Waals surface area contributed by atoms with Crippen molar-refractivity contribution in [2.24, 2.45) is 5.73 Å². The summed E-state index contributed by atoms with van der Waals surface area (Å²) in [5.41, 5.74) is 6.94. The van der Waals surface area contributed by atoms with Crippen LogP contribution < -0.4 is 5.73 Å². The van der Waals surface area contributed by atoms with E-state index in [9.17, 15) is 0 Å². The summed E-state index contributed by atoms with van der Waals surface area (Å²) >= 11 is 0. The van der Waals surface area contributed by atoms with Crippen molar-refractivity contribution in [1.29, 1.82) is 5.26 Å². The molecule has 10 heavy (non-hydrogen) atoms. The monoisotopic (exact) mass is 134 g/mol. The lowest BCUT2D eigenvalue weighted by molar-refractivity contribution is 0.716. The molecule has 1 unspecified atom stereocenters. The van der Waals surface area contributed by atoms with Gasteiger partial charge < -0.3 is 5.73 Å². The van der Waals surface area contributed by atoms with Crippen LogP contribution in [0, 0.1) is 11.3 Å². The molecule has 0 aliphatic heterocycles. The first kappa shape index (κ1) is 7.04. The summed E-state index contributed by atoms with van der Waals surface area (Å²) in [7, 11) is 0. The van der Waals surface area contributed by atoms with E-state index < -0.39 is 5.54 Å². The Kier molecular flexibility index (Phi) is 1.38. The Morgan fingerprint density at radius 3 is 2.50 bits per heavy atom. The van der Waals surface area contributed by atoms with Crippen LogP contribution in [-0.4, -0.2) is 5.54 Å². The van der Waals surface area contributed by atoms with Gasteiger partial charge in [0.1, 0.15) is 0 Å². The smallest absolute Gasteiger partial charge is 0.0970 e. The summed E-state index contributed by atoms with van der Waals surface area (Å²) < 4.78 is 0. The summed E-state index contributed by atoms with van der Waals surface area (Å²) in [6.07, 6.45) is 3.71. The topological polar surface area (TPSA) is 49.8 Å². The molecular weight excluding hydrogens is 124 g/mol. The van der Waals surface area contributed by atoms with E-state index in [0.717, 1.165) is 5.57 Å². The van der Waals surface area contributed by atoms with Crippen LogP contribution in [0.15, 0.2) is 23.3 Å². The molecule has 0 aromatic heterocycles. The Balaban J connectivity index is 3.04. The highest BCUT2D eigenvalue weighted by molar-refractivity contribution is 5.49. The molecule has 1 rings (SSSR count). The van der Waals surface area contributed by atoms with Gasteiger partial charge in [-0.25, -0.2) is 0 Å². The SMILES string of the molecule is CC1=CC(C)(N)C(C#N)=C1. The second-order valence-electron chi connectivity index (χ2n) is 2.84. The lowest BCUT2D eigenvalue weighted by Crippen LogP contribution is -2.33. The van der Waals surface area contributed by atoms with Gasteiger partial charge in [0.25, 0.3) is 0 Å². The molecule has 2 N–H and O–H groups in total. The molecule has 0 bridgehead atoms. The van der Waals surface area contributed by atoms with Crippen molar-refractivity contribution in [3.8, 4) is 6.07 Å². The van der Waals surface area contributed by atoms with Gasteiger partial charge in [0.2, 0.25) is 0 Å². The molecule has 2 nitrogen and oxygen atoms in total. The van der Waals surface area contributed by atoms with E-state index >= 15 is 0 Å². The van der Waals surface area contributed by atoms with Gasteiger partial charge in [0, 0.05) is 0 Å². The van der Waals surface area contributed by atoms with Crippen molar-refractivity contribution in [2.45, 2.75) is 19.4 Å². The molecule has 0 saturated carbocycles. The highest BCUT2D eigenvalue weighted by Crippen LogP contribution is 2.24. The average molecular weight is 134 g/mol. The van der Waals surface area contributed by atoms with Gasteiger partial charge >= 0.3 is 0 Å². The zero-order valence-corrected chi connectivity index (χ0v) is 6.18. The fourth-order valence-corrected chi connectivity index (χ4v) is 1.13. The minimum atomic E-state index is -0.529. The van der Waals surface area contributed by atoms with Crippen molar-refractivity contribution < 1.29 is 0 Å². The quantitative estimate of drug-likeness (QED) is 0.539. The second-order valence-corrected chi connectivity index (χ2v) is 2.84. The van der Waals surface area contributed by atoms with Crippen LogP contribution in [0.2, 0.25) is 0 Å². The van der Waals surface area contributed by atoms with Crippen LogP contribution >= 0.6 is 0 Å². The number of nitriles is 1. The van der Waals surface area contributed by atoms with Crippen molar-refractivity contribution in [3.63, 3.8) is 0 Å². The predicted octanol–water partition coefficient (Wildman–Crippen LogP) is 1.11. The first-order chi connectivity index (χ1) is 4.56. The van der Waals surface area contributed by atoms with Crippen LogP contribution in [0.1, 0.15) is 13.8 Å². The predicted molar refractivity (Wildman–Crippen MR) is 40.0 cm³/mol. The summed E-state index contributed by atoms with van der Waals surface area (Å²) in [4.78, 5) is 0. The zero-order valence-electron chi connectivity index (χ0n) is 6.18. The molecule has 1 aliphatic rings. The maximum absolute atomic E-state index is 8.59. The minimum absolute atomic E-state index is 0.529. The normalized spacial score (nSPS) is 31.0. The lowest BCUT2D eigenvalue weighted by atomic mass is 9.98. The van der Waals surface area contributed by atoms with Gasteiger partial charge in [-0.1, -0.05) is 11.6 Å². The highest BCUT2D eigenvalue weighted by Gasteiger charge is 2.25. The number of rotatable bonds is 0. The van der Waals surface area contributed by atoms with Crippen molar-refractivity contribution >= 4 is 0 Å². The first-order valence-corrected chi connectivity index (χ1v) is 3.17. The maximum atomic E-state index is 8.59. The number of allylic oxidation sites excluding steroid dienone is 2. The molecule has 0 fully saturated rings. The number of nitrogens with zero attached hydrogens (tertiary/aromatic N) is 1. The summed E-state index contributed by atoms with van der Waals surface area (Å²) in [6, 6.07) is 2.07. The second kappa shape index (κ2) is 1.96. The maximum Gasteiger partial charge on any atom is 0.0970 e. The van der Waals surface area contributed by atoms with Crippen LogP contribution in [-0.2, 0) is 0 Å². The van der Waals surface area contributed by atoms with Gasteiger partial charge in [-0.05, 0) is 19.9 Å². The molecule has 0 aromatic carbocycles. The highest BCUT2D eigenvalue weighted by atomic mass is 14.7. The third-order valence-electron chi connectivity index (χ3n) is 1.60. The van der Waals surface area contributed by atoms with Gasteiger partial charge in [0.05, 0.1) is 17.2 Å². The van der Waals surface area contributed by atoms with Gasteiger partial charge in [-0.3, -0.25) is 0 Å². The van der Waals surface area contributed by atoms with Crippen molar-refractivity contribution in [3.05, 3.63) is 23.3 Å². The summed E-state index contributed by atoms with van der Waals surface area (Å²) in [5.74, 6) is 0. The van der Waals surface area contributed by atoms with E-state index in [1.54, 1.807) is 0 Å². The average Bonchev–Trinajstić information content (AvgIpc) is 2.04. The summed E-state index contributed by atoms with van der Waals surface area (Å²) in [5, 5.41) is 8.59. The third-order valence-corrected chi connectivity index (χ3v) is 1.60. The molecule has 0 saturated heterocycles. The molecule has 0 radical (unpaired) electrons. The van der Waals surface area contributed by atoms with Crippen LogP contribution in [0.25, 0.3) is 0 Å². The van der Waals surface area contributed by atoms with E-state index in [4.69, 9.17) is 11.0 Å². The van der Waals surface area contributed by atoms with E-state index in [2.05, 4.69) is 6.07 Å². The number of nitrogens with two attached hydrogens (primary N) is 1. The lowest BCUT2D eigenvalue weighted by Gasteiger charge is -2.14. The van der Waals surface area contributed by atoms with Gasteiger partial charge in [0.15, 0.2) is 0 Å². The van der Waals surface area contributed by atoms with E-state index in [1.165, 1.54) is 0 Å². The molecule has 0 amide bonds. The molecule has 0 heterocycles. The van der Waals surface area contributed by atoms with E-state index in [1.807, 2.05) is 26.0 Å². The Morgan fingerprint density at radius 2 is 2.30 bits per heavy atom. The molecule has 52 valence electrons. The fraction of sp³-hybridized carbons (Fsp3) is 0.375. The van der Waals surface area contributed by atoms with Crippen molar-refractivity contribution in [2.75, 3.05) is 0 Å². The van der Waals surface area contributed by atoms with Gasteiger partial charge in [-0.2, -0.15) is 5.26 Å². The largest absolute Gasteiger partial charge is 0.318 e. The standard InChI is InChI=1S/C8H10N2/c1-6-3-7(5-9)8(2,10)4-6/h3-4H,10H2,1-2H3. The number of hydrogen-bond acceptors (Lipinski definition) is 2. The van der Waals surface area contributed by atoms with Crippen LogP contribution in [0.5, 0.6) is 0 Å². The number of hydrogen-bond donors (Lipinski definition) is 1. The Morgan fingerprint density at radius 1 is 1.70 bits per heavy atom. The third kappa shape index (κ3) is 0.960. The molecule has 1 atom stereocenters. The Labute approximate surface area is 60.6 Å². The first-order valence-electron chi connectivity index (χ1n) is 3.17. The van der Waals surface area contributed by atoms with Crippen molar-refractivity contribution in [1.82, 2.24) is 0 Å². The molecular formula is C8H10N2. The molecule has 0 spiro atoms. The van der Waals surface area contributed by atoms with Gasteiger partial charge in [-0.15, -0.1) is 0 Å². The van der Waals surface area contributed by atoms with E-state index in [-0.39, 0.29) is 0 Å². The fourth-order valence-electron chi connectivity index (χ4n) is 1.13. The van der Waals surface area contributed by atoms with Crippen LogP contribution in [0.3, 0.4) is 0 Å². The van der Waals surface area contributed by atoms with Crippen LogP contribution in [0.4, 0.5) is 0 Å².